The van der Waals surface area contributed by atoms with Crippen molar-refractivity contribution in [2.75, 3.05) is 50.4 Å². The second kappa shape index (κ2) is 29.4. The van der Waals surface area contributed by atoms with Crippen molar-refractivity contribution in [1.82, 2.24) is 73.8 Å². The molecular weight excluding hydrogens is 1220 g/mol. The van der Waals surface area contributed by atoms with Gasteiger partial charge in [0.15, 0.2) is 16.9 Å². The SMILES string of the molecule is C=CC(=O)N(C)CCn1nc(-c2ccc(Oc3ccccc3)cc2)c2c(N)ncnc21.C=CC(=O)NCCn1nc(-c2ccc(Oc3ccccc3)cc2)c2c(N)ncnc21.C=CS(=O)(=O)N1CCC(n2nc(-c3ccc(Oc4ccccc4)cc3)c3c(N)ncnc32)CC1. The molecule has 25 nitrogen and oxygen atoms in total. The Hall–Kier alpha value is -12.2. The van der Waals surface area contributed by atoms with Crippen molar-refractivity contribution in [2.45, 2.75) is 32.0 Å². The highest BCUT2D eigenvalue weighted by Crippen LogP contribution is 2.37. The first-order chi connectivity index (χ1) is 46.2. The summed E-state index contributed by atoms with van der Waals surface area (Å²) in [6.45, 7) is 12.9. The molecule has 7 N–H and O–H groups in total. The van der Waals surface area contributed by atoms with Crippen LogP contribution < -0.4 is 36.7 Å². The van der Waals surface area contributed by atoms with E-state index < -0.39 is 10.0 Å². The average molecular weight is 1290 g/mol. The third-order valence-electron chi connectivity index (χ3n) is 15.3. The molecule has 0 aliphatic carbocycles. The van der Waals surface area contributed by atoms with E-state index in [0.717, 1.165) is 39.3 Å². The summed E-state index contributed by atoms with van der Waals surface area (Å²) in [7, 11) is -1.72. The van der Waals surface area contributed by atoms with Crippen molar-refractivity contribution < 1.29 is 32.2 Å². The van der Waals surface area contributed by atoms with Crippen LogP contribution in [0.25, 0.3) is 66.9 Å². The van der Waals surface area contributed by atoms with Crippen molar-refractivity contribution in [1.29, 1.82) is 0 Å². The molecule has 6 aromatic carbocycles. The molecule has 26 heteroatoms. The molecule has 13 rings (SSSR count). The minimum Gasteiger partial charge on any atom is -0.457 e. The molecule has 0 unspecified atom stereocenters. The molecule has 7 heterocycles. The Labute approximate surface area is 546 Å². The quantitative estimate of drug-likeness (QED) is 0.0515. The van der Waals surface area contributed by atoms with Crippen molar-refractivity contribution in [3.8, 4) is 68.3 Å². The van der Waals surface area contributed by atoms with Gasteiger partial charge in [0, 0.05) is 55.3 Å². The largest absolute Gasteiger partial charge is 0.457 e. The van der Waals surface area contributed by atoms with Gasteiger partial charge in [0.05, 0.1) is 35.3 Å². The van der Waals surface area contributed by atoms with Gasteiger partial charge >= 0.3 is 0 Å². The highest BCUT2D eigenvalue weighted by molar-refractivity contribution is 7.92. The smallest absolute Gasteiger partial charge is 0.245 e. The molecule has 480 valence electrons. The van der Waals surface area contributed by atoms with Crippen LogP contribution >= 0.6 is 0 Å². The summed E-state index contributed by atoms with van der Waals surface area (Å²) in [6, 6.07) is 51.5. The van der Waals surface area contributed by atoms with Crippen LogP contribution in [-0.4, -0.2) is 122 Å². The Morgan fingerprint density at radius 3 is 1.31 bits per heavy atom. The van der Waals surface area contributed by atoms with Crippen LogP contribution in [0.5, 0.6) is 34.5 Å². The molecular formula is C69H66N18O7S. The number of hydrogen-bond donors (Lipinski definition) is 4. The number of ether oxygens (including phenoxy) is 3. The van der Waals surface area contributed by atoms with Gasteiger partial charge in [-0.1, -0.05) is 74.3 Å². The number of aromatic nitrogens is 12. The van der Waals surface area contributed by atoms with E-state index in [4.69, 9.17) is 41.6 Å². The Morgan fingerprint density at radius 1 is 0.526 bits per heavy atom. The lowest BCUT2D eigenvalue weighted by molar-refractivity contribution is -0.125. The Morgan fingerprint density at radius 2 is 0.905 bits per heavy atom. The van der Waals surface area contributed by atoms with Gasteiger partial charge in [0.25, 0.3) is 0 Å². The maximum absolute atomic E-state index is 12.1. The summed E-state index contributed by atoms with van der Waals surface area (Å²) in [5, 5.41) is 20.0. The monoisotopic (exact) mass is 1290 g/mol. The number of fused-ring (bicyclic) bond motifs is 3. The molecule has 0 radical (unpaired) electrons. The number of para-hydroxylation sites is 3. The number of nitrogens with two attached hydrogens (primary N) is 3. The zero-order chi connectivity index (χ0) is 66.4. The summed E-state index contributed by atoms with van der Waals surface area (Å²) >= 11 is 0. The van der Waals surface area contributed by atoms with Crippen LogP contribution in [0.15, 0.2) is 220 Å². The summed E-state index contributed by atoms with van der Waals surface area (Å²) in [5.74, 6) is 5.08. The second-order valence-electron chi connectivity index (χ2n) is 21.4. The Bertz CT molecular complexity index is 4800. The van der Waals surface area contributed by atoms with Crippen LogP contribution in [0, 0.1) is 0 Å². The van der Waals surface area contributed by atoms with Gasteiger partial charge in [-0.2, -0.15) is 19.6 Å². The fraction of sp³-hybridized carbons (Fsp3) is 0.145. The topological polar surface area (TPSA) is 323 Å². The van der Waals surface area contributed by atoms with E-state index in [9.17, 15) is 18.0 Å². The number of hydrogen-bond acceptors (Lipinski definition) is 19. The molecule has 1 aliphatic rings. The molecule has 0 atom stereocenters. The summed E-state index contributed by atoms with van der Waals surface area (Å²) in [6.07, 6.45) is 7.97. The predicted molar refractivity (Wildman–Crippen MR) is 365 cm³/mol. The van der Waals surface area contributed by atoms with E-state index in [0.29, 0.717) is 137 Å². The Balaban J connectivity index is 0.000000145. The zero-order valence-electron chi connectivity index (χ0n) is 51.7. The number of nitrogens with zero attached hydrogens (tertiary/aromatic N) is 14. The lowest BCUT2D eigenvalue weighted by atomic mass is 10.1. The number of benzene rings is 6. The summed E-state index contributed by atoms with van der Waals surface area (Å²) < 4.78 is 48.6. The van der Waals surface area contributed by atoms with Crippen molar-refractivity contribution in [3.05, 3.63) is 220 Å². The van der Waals surface area contributed by atoms with Crippen LogP contribution in [0.4, 0.5) is 17.5 Å². The first-order valence-corrected chi connectivity index (χ1v) is 31.5. The number of carbonyl (C=O) groups is 2. The summed E-state index contributed by atoms with van der Waals surface area (Å²) in [4.78, 5) is 50.3. The van der Waals surface area contributed by atoms with Gasteiger partial charge in [-0.15, -0.1) is 0 Å². The number of rotatable bonds is 20. The third-order valence-corrected chi connectivity index (χ3v) is 16.8. The molecule has 6 aromatic heterocycles. The van der Waals surface area contributed by atoms with Crippen LogP contribution in [0.2, 0.25) is 0 Å². The van der Waals surface area contributed by atoms with Crippen molar-refractivity contribution in [2.24, 2.45) is 0 Å². The molecule has 1 aliphatic heterocycles. The molecule has 0 bridgehead atoms. The second-order valence-corrected chi connectivity index (χ2v) is 23.3. The fourth-order valence-electron chi connectivity index (χ4n) is 10.5. The number of piperidine rings is 1. The van der Waals surface area contributed by atoms with Crippen molar-refractivity contribution >= 4 is 72.4 Å². The summed E-state index contributed by atoms with van der Waals surface area (Å²) in [5.41, 5.74) is 25.0. The average Bonchev–Trinajstić information content (AvgIpc) is 1.64. The highest BCUT2D eigenvalue weighted by Gasteiger charge is 2.30. The molecule has 1 fully saturated rings. The lowest BCUT2D eigenvalue weighted by Crippen LogP contribution is -2.38. The molecule has 0 saturated carbocycles. The van der Waals surface area contributed by atoms with E-state index in [1.807, 2.05) is 168 Å². The van der Waals surface area contributed by atoms with Gasteiger partial charge in [0.2, 0.25) is 21.8 Å². The van der Waals surface area contributed by atoms with Crippen LogP contribution in [-0.2, 0) is 32.7 Å². The maximum atomic E-state index is 12.1. The van der Waals surface area contributed by atoms with E-state index in [2.05, 4.69) is 60.1 Å². The highest BCUT2D eigenvalue weighted by atomic mass is 32.2. The van der Waals surface area contributed by atoms with E-state index in [-0.39, 0.29) is 17.9 Å². The standard InChI is InChI=1S/C24H24N6O3S.C23H22N6O2.C22H20N6O2/c1-2-34(31,32)29-14-12-18(13-15-29)30-24-21(23(25)26-16-27-24)22(28-30)17-8-10-20(11-9-17)33-19-6-4-3-5-7-19;1-3-19(30)28(2)13-14-29-23-20(22(24)25-15-26-23)21(27-29)16-9-11-18(12-10-16)31-17-7-5-4-6-8-17;1-2-18(29)24-12-13-28-22-19(21(23)25-14-26-22)20(27-28)15-8-10-17(11-9-15)30-16-6-4-3-5-7-16/h2-11,16,18H,1,12-15H2,(H2,25,26,27);3-12,15H,1,13-14H2,2H3,(H2,24,25,26);2-11,14H,1,12-13H2,(H,24,29)(H2,23,25,26). The molecule has 0 spiro atoms. The van der Waals surface area contributed by atoms with Gasteiger partial charge in [-0.05, 0) is 134 Å². The predicted octanol–water partition coefficient (Wildman–Crippen LogP) is 10.7. The Kier molecular flexibility index (Phi) is 19.9. The molecule has 1 saturated heterocycles. The number of nitrogen functional groups attached to an aromatic ring is 3. The number of anilines is 3. The van der Waals surface area contributed by atoms with Gasteiger partial charge in [0.1, 0.15) is 88.0 Å². The molecule has 12 aromatic rings. The number of carbonyl (C=O) groups excluding carboxylic acids is 2. The van der Waals surface area contributed by atoms with E-state index in [1.54, 1.807) is 21.3 Å². The first-order valence-electron chi connectivity index (χ1n) is 30.0. The minimum absolute atomic E-state index is 0.0116. The normalized spacial score (nSPS) is 12.4. The van der Waals surface area contributed by atoms with E-state index in [1.165, 1.54) is 35.4 Å². The third kappa shape index (κ3) is 15.1. The number of likely N-dealkylation sites (N-methyl/N-ethyl adjacent to an activating group) is 1. The number of nitrogens with one attached hydrogen (secondary N) is 1. The lowest BCUT2D eigenvalue weighted by Gasteiger charge is -2.30. The fourth-order valence-corrected chi connectivity index (χ4v) is 11.4. The van der Waals surface area contributed by atoms with Gasteiger partial charge in [-0.25, -0.2) is 52.4 Å². The van der Waals surface area contributed by atoms with E-state index >= 15 is 0 Å². The number of sulfonamides is 1. The van der Waals surface area contributed by atoms with Crippen molar-refractivity contribution in [3.63, 3.8) is 0 Å². The van der Waals surface area contributed by atoms with Crippen LogP contribution in [0.3, 0.4) is 0 Å². The number of amides is 2. The van der Waals surface area contributed by atoms with Gasteiger partial charge < -0.3 is 41.6 Å². The molecule has 95 heavy (non-hydrogen) atoms. The minimum atomic E-state index is -3.43. The van der Waals surface area contributed by atoms with Gasteiger partial charge in [-0.3, -0.25) is 9.59 Å². The molecule has 2 amide bonds. The maximum Gasteiger partial charge on any atom is 0.245 e. The van der Waals surface area contributed by atoms with Crippen LogP contribution in [0.1, 0.15) is 18.9 Å². The zero-order valence-corrected chi connectivity index (χ0v) is 52.5. The first kappa shape index (κ1) is 64.4.